The van der Waals surface area contributed by atoms with Gasteiger partial charge in [-0.05, 0) is 51.4 Å². The van der Waals surface area contributed by atoms with Crippen LogP contribution in [-0.2, 0) is 28.6 Å². The highest BCUT2D eigenvalue weighted by molar-refractivity contribution is 5.71. The summed E-state index contributed by atoms with van der Waals surface area (Å²) in [7, 11) is 0. The molecule has 0 aromatic heterocycles. The molecule has 0 saturated heterocycles. The SMILES string of the molecule is CCCCC/C=C\C/C=C\CCCCCCCCCC(=O)OC[C@H](COC(=O)CCCCCCCCCCCCC)OC(=O)CCCCCCCCCCCCCCCCC. The molecule has 0 radical (unpaired) electrons. The number of hydrogen-bond donors (Lipinski definition) is 0. The van der Waals surface area contributed by atoms with Crippen molar-refractivity contribution in [3.05, 3.63) is 24.3 Å². The molecule has 358 valence electrons. The lowest BCUT2D eigenvalue weighted by Gasteiger charge is -2.18. The molecule has 0 aliphatic heterocycles. The van der Waals surface area contributed by atoms with Gasteiger partial charge < -0.3 is 14.2 Å². The summed E-state index contributed by atoms with van der Waals surface area (Å²) in [6.07, 6.45) is 57.3. The van der Waals surface area contributed by atoms with E-state index < -0.39 is 6.10 Å². The second-order valence-corrected chi connectivity index (χ2v) is 18.2. The van der Waals surface area contributed by atoms with Crippen molar-refractivity contribution in [2.24, 2.45) is 0 Å². The molecule has 0 spiro atoms. The third kappa shape index (κ3) is 48.8. The van der Waals surface area contributed by atoms with E-state index in [1.54, 1.807) is 0 Å². The van der Waals surface area contributed by atoms with Gasteiger partial charge >= 0.3 is 17.9 Å². The number of ether oxygens (including phenoxy) is 3. The molecular weight excluding hydrogens is 757 g/mol. The normalized spacial score (nSPS) is 12.1. The standard InChI is InChI=1S/C55H102O6/c1-4-7-10-13-16-19-22-24-26-27-29-30-33-36-39-42-45-48-54(57)60-51-52(50-59-53(56)47-44-41-38-35-32-21-18-15-12-9-6-3)61-55(58)49-46-43-40-37-34-31-28-25-23-20-17-14-11-8-5-2/h16,19,24,26,52H,4-15,17-18,20-23,25,27-51H2,1-3H3/b19-16-,26-24-/t52-/m0/s1. The maximum Gasteiger partial charge on any atom is 0.306 e. The number of rotatable bonds is 49. The molecular formula is C55H102O6. The molecule has 0 unspecified atom stereocenters. The number of hydrogen-bond acceptors (Lipinski definition) is 6. The van der Waals surface area contributed by atoms with Gasteiger partial charge in [0.25, 0.3) is 0 Å². The van der Waals surface area contributed by atoms with Gasteiger partial charge in [0.15, 0.2) is 6.10 Å². The Hall–Kier alpha value is -2.11. The van der Waals surface area contributed by atoms with Gasteiger partial charge in [-0.1, -0.05) is 244 Å². The van der Waals surface area contributed by atoms with Crippen LogP contribution in [0.3, 0.4) is 0 Å². The first-order chi connectivity index (χ1) is 30.0. The molecule has 0 heterocycles. The van der Waals surface area contributed by atoms with Crippen LogP contribution in [0.2, 0.25) is 0 Å². The van der Waals surface area contributed by atoms with Crippen LogP contribution in [0.15, 0.2) is 24.3 Å². The predicted octanol–water partition coefficient (Wildman–Crippen LogP) is 17.5. The topological polar surface area (TPSA) is 78.9 Å². The Balaban J connectivity index is 4.32. The Labute approximate surface area is 379 Å². The highest BCUT2D eigenvalue weighted by atomic mass is 16.6. The van der Waals surface area contributed by atoms with Gasteiger partial charge in [0.05, 0.1) is 0 Å². The zero-order valence-electron chi connectivity index (χ0n) is 40.9. The maximum atomic E-state index is 12.8. The monoisotopic (exact) mass is 859 g/mol. The summed E-state index contributed by atoms with van der Waals surface area (Å²) in [6, 6.07) is 0. The Kier molecular flexibility index (Phi) is 48.8. The van der Waals surface area contributed by atoms with Crippen LogP contribution < -0.4 is 0 Å². The zero-order chi connectivity index (χ0) is 44.4. The second kappa shape index (κ2) is 50.5. The smallest absolute Gasteiger partial charge is 0.306 e. The van der Waals surface area contributed by atoms with E-state index in [1.165, 1.54) is 180 Å². The summed E-state index contributed by atoms with van der Waals surface area (Å²) in [4.78, 5) is 38.0. The molecule has 61 heavy (non-hydrogen) atoms. The van der Waals surface area contributed by atoms with Crippen LogP contribution in [-0.4, -0.2) is 37.2 Å². The minimum absolute atomic E-state index is 0.0687. The fourth-order valence-electron chi connectivity index (χ4n) is 7.89. The third-order valence-corrected chi connectivity index (χ3v) is 12.0. The molecule has 0 aromatic rings. The Morgan fingerprint density at radius 3 is 0.934 bits per heavy atom. The summed E-state index contributed by atoms with van der Waals surface area (Å²) in [6.45, 7) is 6.63. The Morgan fingerprint density at radius 1 is 0.328 bits per heavy atom. The van der Waals surface area contributed by atoms with E-state index in [4.69, 9.17) is 14.2 Å². The van der Waals surface area contributed by atoms with Gasteiger partial charge in [0.2, 0.25) is 0 Å². The predicted molar refractivity (Wildman–Crippen MR) is 261 cm³/mol. The van der Waals surface area contributed by atoms with Crippen molar-refractivity contribution >= 4 is 17.9 Å². The summed E-state index contributed by atoms with van der Waals surface area (Å²) >= 11 is 0. The Bertz CT molecular complexity index is 989. The summed E-state index contributed by atoms with van der Waals surface area (Å²) in [5.41, 5.74) is 0. The van der Waals surface area contributed by atoms with Gasteiger partial charge in [0, 0.05) is 19.3 Å². The van der Waals surface area contributed by atoms with E-state index in [0.717, 1.165) is 70.6 Å². The minimum Gasteiger partial charge on any atom is -0.462 e. The lowest BCUT2D eigenvalue weighted by atomic mass is 10.0. The number of allylic oxidation sites excluding steroid dienone is 4. The fraction of sp³-hybridized carbons (Fsp3) is 0.873. The largest absolute Gasteiger partial charge is 0.462 e. The van der Waals surface area contributed by atoms with Gasteiger partial charge in [-0.25, -0.2) is 0 Å². The van der Waals surface area contributed by atoms with Crippen LogP contribution in [0.25, 0.3) is 0 Å². The first-order valence-electron chi connectivity index (χ1n) is 26.8. The number of esters is 3. The molecule has 0 bridgehead atoms. The van der Waals surface area contributed by atoms with Gasteiger partial charge in [0.1, 0.15) is 13.2 Å². The zero-order valence-corrected chi connectivity index (χ0v) is 40.9. The maximum absolute atomic E-state index is 12.8. The number of carbonyl (C=O) groups is 3. The van der Waals surface area contributed by atoms with Crippen LogP contribution in [0, 0.1) is 0 Å². The van der Waals surface area contributed by atoms with E-state index in [9.17, 15) is 14.4 Å². The van der Waals surface area contributed by atoms with Crippen molar-refractivity contribution in [3.8, 4) is 0 Å². The summed E-state index contributed by atoms with van der Waals surface area (Å²) in [5, 5.41) is 0. The van der Waals surface area contributed by atoms with Crippen molar-refractivity contribution in [2.45, 2.75) is 297 Å². The number of carbonyl (C=O) groups excluding carboxylic acids is 3. The van der Waals surface area contributed by atoms with E-state index in [2.05, 4.69) is 45.1 Å². The molecule has 6 nitrogen and oxygen atoms in total. The second-order valence-electron chi connectivity index (χ2n) is 18.2. The molecule has 0 aliphatic rings. The lowest BCUT2D eigenvalue weighted by molar-refractivity contribution is -0.167. The lowest BCUT2D eigenvalue weighted by Crippen LogP contribution is -2.30. The average Bonchev–Trinajstić information content (AvgIpc) is 3.26. The highest BCUT2D eigenvalue weighted by Crippen LogP contribution is 2.16. The van der Waals surface area contributed by atoms with E-state index in [0.29, 0.717) is 19.3 Å². The van der Waals surface area contributed by atoms with E-state index in [-0.39, 0.29) is 31.1 Å². The molecule has 0 N–H and O–H groups in total. The van der Waals surface area contributed by atoms with Gasteiger partial charge in [-0.3, -0.25) is 14.4 Å². The highest BCUT2D eigenvalue weighted by Gasteiger charge is 2.19. The van der Waals surface area contributed by atoms with Crippen molar-refractivity contribution in [1.82, 2.24) is 0 Å². The molecule has 0 amide bonds. The fourth-order valence-corrected chi connectivity index (χ4v) is 7.89. The summed E-state index contributed by atoms with van der Waals surface area (Å²) < 4.78 is 16.8. The minimum atomic E-state index is -0.768. The quantitative estimate of drug-likeness (QED) is 0.0262. The first kappa shape index (κ1) is 58.9. The summed E-state index contributed by atoms with van der Waals surface area (Å²) in [5.74, 6) is -0.861. The van der Waals surface area contributed by atoms with E-state index >= 15 is 0 Å². The molecule has 1 atom stereocenters. The van der Waals surface area contributed by atoms with Gasteiger partial charge in [-0.2, -0.15) is 0 Å². The third-order valence-electron chi connectivity index (χ3n) is 12.0. The Morgan fingerprint density at radius 2 is 0.590 bits per heavy atom. The van der Waals surface area contributed by atoms with Gasteiger partial charge in [-0.15, -0.1) is 0 Å². The molecule has 6 heteroatoms. The van der Waals surface area contributed by atoms with Crippen molar-refractivity contribution in [2.75, 3.05) is 13.2 Å². The first-order valence-corrected chi connectivity index (χ1v) is 26.8. The van der Waals surface area contributed by atoms with Crippen LogP contribution in [0.4, 0.5) is 0 Å². The van der Waals surface area contributed by atoms with Crippen LogP contribution in [0.1, 0.15) is 290 Å². The molecule has 0 rings (SSSR count). The molecule has 0 fully saturated rings. The molecule has 0 aromatic carbocycles. The van der Waals surface area contributed by atoms with Crippen molar-refractivity contribution in [1.29, 1.82) is 0 Å². The van der Waals surface area contributed by atoms with Crippen molar-refractivity contribution < 1.29 is 28.6 Å². The van der Waals surface area contributed by atoms with E-state index in [1.807, 2.05) is 0 Å². The number of unbranched alkanes of at least 4 members (excludes halogenated alkanes) is 34. The van der Waals surface area contributed by atoms with Crippen molar-refractivity contribution in [3.63, 3.8) is 0 Å². The molecule has 0 saturated carbocycles. The average molecular weight is 859 g/mol. The van der Waals surface area contributed by atoms with Crippen LogP contribution in [0.5, 0.6) is 0 Å². The van der Waals surface area contributed by atoms with Crippen LogP contribution >= 0.6 is 0 Å². The molecule has 0 aliphatic carbocycles.